The lowest BCUT2D eigenvalue weighted by Crippen LogP contribution is -2.54. The number of hydrogen-bond acceptors (Lipinski definition) is 1. The van der Waals surface area contributed by atoms with Crippen molar-refractivity contribution in [3.8, 4) is 11.3 Å². The van der Waals surface area contributed by atoms with Crippen LogP contribution in [0.3, 0.4) is 0 Å². The van der Waals surface area contributed by atoms with E-state index in [1.54, 1.807) is 0 Å². The fourth-order valence-corrected chi connectivity index (χ4v) is 6.54. The summed E-state index contributed by atoms with van der Waals surface area (Å²) in [5, 5.41) is 5.24. The third-order valence-electron chi connectivity index (χ3n) is 6.52. The number of rotatable bonds is 3. The van der Waals surface area contributed by atoms with Crippen molar-refractivity contribution in [2.75, 3.05) is 0 Å². The van der Waals surface area contributed by atoms with Gasteiger partial charge in [0.1, 0.15) is 15.1 Å². The summed E-state index contributed by atoms with van der Waals surface area (Å²) in [7, 11) is 0.306. The average Bonchev–Trinajstić information content (AvgIpc) is 2.74. The van der Waals surface area contributed by atoms with E-state index < -0.39 is 8.07 Å². The van der Waals surface area contributed by atoms with E-state index in [1.165, 1.54) is 43.7 Å². The second-order valence-electron chi connectivity index (χ2n) is 10.2. The van der Waals surface area contributed by atoms with Crippen molar-refractivity contribution < 1.29 is 4.57 Å². The molecule has 0 aliphatic rings. The molecule has 0 saturated carbocycles. The number of aryl methyl sites for hydroxylation is 2. The number of benzene rings is 2. The molecule has 4 aromatic rings. The molecule has 0 saturated heterocycles. The summed E-state index contributed by atoms with van der Waals surface area (Å²) in [5.41, 5.74) is 5.39. The molecule has 2 aromatic carbocycles. The van der Waals surface area contributed by atoms with Crippen molar-refractivity contribution >= 4 is 29.4 Å². The van der Waals surface area contributed by atoms with Crippen molar-refractivity contribution in [1.82, 2.24) is 4.98 Å². The molecule has 158 valence electrons. The van der Waals surface area contributed by atoms with Gasteiger partial charge in [0.05, 0.1) is 5.39 Å². The fraction of sp³-hybridized carbons (Fsp3) is 0.286. The molecule has 0 amide bonds. The van der Waals surface area contributed by atoms with Crippen molar-refractivity contribution in [2.45, 2.75) is 46.2 Å². The van der Waals surface area contributed by atoms with Crippen molar-refractivity contribution in [3.63, 3.8) is 0 Å². The molecule has 0 aliphatic carbocycles. The van der Waals surface area contributed by atoms with E-state index in [0.717, 1.165) is 0 Å². The van der Waals surface area contributed by atoms with E-state index in [2.05, 4.69) is 118 Å². The predicted molar refractivity (Wildman–Crippen MR) is 135 cm³/mol. The van der Waals surface area contributed by atoms with Gasteiger partial charge in [-0.2, -0.15) is 0 Å². The zero-order chi connectivity index (χ0) is 22.4. The SMILES string of the molecule is Cc1ccc(C(C)(C)C)cc1-c1c2ccc([Si](C)(C)c3ccccn3)cc2cc[n+]1C. The Balaban J connectivity index is 1.91. The summed E-state index contributed by atoms with van der Waals surface area (Å²) >= 11 is 0. The smallest absolute Gasteiger partial charge is 0.220 e. The van der Waals surface area contributed by atoms with Crippen LogP contribution in [0, 0.1) is 6.92 Å². The van der Waals surface area contributed by atoms with Crippen molar-refractivity contribution in [2.24, 2.45) is 7.05 Å². The lowest BCUT2D eigenvalue weighted by atomic mass is 9.84. The van der Waals surface area contributed by atoms with E-state index in [-0.39, 0.29) is 5.41 Å². The second kappa shape index (κ2) is 7.72. The predicted octanol–water partition coefficient (Wildman–Crippen LogP) is 5.15. The number of pyridine rings is 2. The van der Waals surface area contributed by atoms with Gasteiger partial charge in [0, 0.05) is 23.1 Å². The Morgan fingerprint density at radius 3 is 2.35 bits per heavy atom. The monoisotopic (exact) mass is 425 g/mol. The van der Waals surface area contributed by atoms with Crippen LogP contribution in [0.25, 0.3) is 22.0 Å². The molecule has 0 unspecified atom stereocenters. The molecule has 0 aliphatic heterocycles. The Bertz CT molecular complexity index is 1250. The van der Waals surface area contributed by atoms with Crippen molar-refractivity contribution in [1.29, 1.82) is 0 Å². The number of hydrogen-bond donors (Lipinski definition) is 0. The van der Waals surface area contributed by atoms with Crippen molar-refractivity contribution in [3.05, 3.63) is 84.2 Å². The molecular formula is C28H33N2Si+. The van der Waals surface area contributed by atoms with Gasteiger partial charge in [0.15, 0.2) is 6.20 Å². The molecule has 0 bridgehead atoms. The van der Waals surface area contributed by atoms with Crippen LogP contribution in [0.5, 0.6) is 0 Å². The average molecular weight is 426 g/mol. The molecule has 0 spiro atoms. The second-order valence-corrected chi connectivity index (χ2v) is 14.5. The highest BCUT2D eigenvalue weighted by Crippen LogP contribution is 2.32. The molecule has 2 heterocycles. The van der Waals surface area contributed by atoms with Gasteiger partial charge < -0.3 is 0 Å². The number of fused-ring (bicyclic) bond motifs is 1. The molecule has 0 N–H and O–H groups in total. The molecular weight excluding hydrogens is 392 g/mol. The molecule has 0 atom stereocenters. The largest absolute Gasteiger partial charge is 0.266 e. The van der Waals surface area contributed by atoms with Crippen LogP contribution in [0.2, 0.25) is 13.1 Å². The Morgan fingerprint density at radius 1 is 0.903 bits per heavy atom. The van der Waals surface area contributed by atoms with Gasteiger partial charge in [-0.15, -0.1) is 0 Å². The first kappa shape index (κ1) is 21.4. The first-order chi connectivity index (χ1) is 14.6. The third kappa shape index (κ3) is 3.95. The van der Waals surface area contributed by atoms with Gasteiger partial charge in [-0.25, -0.2) is 4.57 Å². The van der Waals surface area contributed by atoms with Gasteiger partial charge in [-0.1, -0.05) is 69.4 Å². The van der Waals surface area contributed by atoms with Crippen LogP contribution in [-0.2, 0) is 12.5 Å². The summed E-state index contributed by atoms with van der Waals surface area (Å²) in [4.78, 5) is 4.69. The van der Waals surface area contributed by atoms with E-state index in [9.17, 15) is 0 Å². The van der Waals surface area contributed by atoms with Crippen LogP contribution in [0.4, 0.5) is 0 Å². The van der Waals surface area contributed by atoms with Crippen LogP contribution in [-0.4, -0.2) is 13.1 Å². The van der Waals surface area contributed by atoms with Gasteiger partial charge in [-0.3, -0.25) is 4.98 Å². The molecule has 31 heavy (non-hydrogen) atoms. The summed E-state index contributed by atoms with van der Waals surface area (Å²) in [6, 6.07) is 22.5. The van der Waals surface area contributed by atoms with Crippen LogP contribution in [0.1, 0.15) is 31.9 Å². The molecule has 0 radical (unpaired) electrons. The van der Waals surface area contributed by atoms with E-state index in [1.807, 2.05) is 12.3 Å². The highest BCUT2D eigenvalue weighted by molar-refractivity contribution is 7.00. The van der Waals surface area contributed by atoms with Gasteiger partial charge in [0.25, 0.3) is 0 Å². The zero-order valence-corrected chi connectivity index (χ0v) is 20.8. The Hall–Kier alpha value is -2.78. The minimum Gasteiger partial charge on any atom is -0.266 e. The maximum Gasteiger partial charge on any atom is 0.220 e. The summed E-state index contributed by atoms with van der Waals surface area (Å²) in [5.74, 6) is 0. The topological polar surface area (TPSA) is 16.8 Å². The zero-order valence-electron chi connectivity index (χ0n) is 19.8. The maximum absolute atomic E-state index is 4.69. The number of nitrogens with zero attached hydrogens (tertiary/aromatic N) is 2. The highest BCUT2D eigenvalue weighted by Gasteiger charge is 2.28. The van der Waals surface area contributed by atoms with E-state index in [4.69, 9.17) is 0 Å². The normalized spacial score (nSPS) is 12.4. The quantitative estimate of drug-likeness (QED) is 0.327. The fourth-order valence-electron chi connectivity index (χ4n) is 4.32. The van der Waals surface area contributed by atoms with E-state index >= 15 is 0 Å². The minimum absolute atomic E-state index is 0.122. The van der Waals surface area contributed by atoms with Gasteiger partial charge >= 0.3 is 0 Å². The molecule has 2 nitrogen and oxygen atoms in total. The standard InChI is InChI=1S/C28H33N2Si/c1-20-11-12-22(28(2,3)4)19-25(20)27-24-14-13-23(18-21(24)15-17-30(27)5)31(6,7)26-10-8-9-16-29-26/h8-19H,1-7H3/q+1. The molecule has 0 fully saturated rings. The maximum atomic E-state index is 4.69. The molecule has 4 rings (SSSR count). The van der Waals surface area contributed by atoms with Crippen LogP contribution < -0.4 is 15.1 Å². The third-order valence-corrected chi connectivity index (χ3v) is 9.85. The molecule has 3 heteroatoms. The van der Waals surface area contributed by atoms with Gasteiger partial charge in [-0.05, 0) is 53.1 Å². The Kier molecular flexibility index (Phi) is 5.34. The summed E-state index contributed by atoms with van der Waals surface area (Å²) < 4.78 is 2.26. The Morgan fingerprint density at radius 2 is 1.68 bits per heavy atom. The first-order valence-electron chi connectivity index (χ1n) is 11.0. The van der Waals surface area contributed by atoms with Crippen LogP contribution >= 0.6 is 0 Å². The lowest BCUT2D eigenvalue weighted by Gasteiger charge is -2.23. The summed E-state index contributed by atoms with van der Waals surface area (Å²) in [6.07, 6.45) is 4.11. The first-order valence-corrected chi connectivity index (χ1v) is 14.0. The Labute approximate surface area is 187 Å². The lowest BCUT2D eigenvalue weighted by molar-refractivity contribution is -0.659. The highest BCUT2D eigenvalue weighted by atomic mass is 28.3. The minimum atomic E-state index is -1.85. The number of aromatic nitrogens is 2. The van der Waals surface area contributed by atoms with Gasteiger partial charge in [0.2, 0.25) is 5.69 Å². The van der Waals surface area contributed by atoms with Crippen LogP contribution in [0.15, 0.2) is 73.1 Å². The van der Waals surface area contributed by atoms with E-state index in [0.29, 0.717) is 0 Å². The molecule has 2 aromatic heterocycles. The summed E-state index contributed by atoms with van der Waals surface area (Å²) in [6.45, 7) is 13.8.